The van der Waals surface area contributed by atoms with E-state index in [4.69, 9.17) is 11.6 Å². The van der Waals surface area contributed by atoms with E-state index < -0.39 is 0 Å². The van der Waals surface area contributed by atoms with Crippen molar-refractivity contribution in [3.63, 3.8) is 0 Å². The molecule has 0 spiro atoms. The molecule has 0 amide bonds. The summed E-state index contributed by atoms with van der Waals surface area (Å²) in [7, 11) is 2.03. The van der Waals surface area contributed by atoms with Crippen molar-refractivity contribution in [1.82, 2.24) is 0 Å². The summed E-state index contributed by atoms with van der Waals surface area (Å²) >= 11 is 5.95. The third-order valence-electron chi connectivity index (χ3n) is 2.40. The lowest BCUT2D eigenvalue weighted by Gasteiger charge is -2.19. The zero-order chi connectivity index (χ0) is 11.3. The third kappa shape index (κ3) is 3.24. The Hall–Kier alpha value is -1.02. The van der Waals surface area contributed by atoms with Crippen molar-refractivity contribution in [1.29, 1.82) is 0 Å². The highest BCUT2D eigenvalue weighted by Gasteiger charge is 2.04. The molecule has 2 nitrogen and oxygen atoms in total. The number of nitrogens with zero attached hydrogens (tertiary/aromatic N) is 1. The minimum absolute atomic E-state index is 0.519. The van der Waals surface area contributed by atoms with Crippen molar-refractivity contribution in [3.05, 3.63) is 28.8 Å². The van der Waals surface area contributed by atoms with Crippen LogP contribution in [-0.2, 0) is 0 Å². The number of aldehydes is 1. The molecule has 0 N–H and O–H groups in total. The summed E-state index contributed by atoms with van der Waals surface area (Å²) < 4.78 is 0. The predicted molar refractivity (Wildman–Crippen MR) is 65.0 cm³/mol. The van der Waals surface area contributed by atoms with Gasteiger partial charge in [0.05, 0.1) is 5.02 Å². The van der Waals surface area contributed by atoms with Crippen LogP contribution in [0.5, 0.6) is 0 Å². The van der Waals surface area contributed by atoms with Crippen molar-refractivity contribution in [2.75, 3.05) is 18.5 Å². The molecule has 0 saturated carbocycles. The lowest BCUT2D eigenvalue weighted by Crippen LogP contribution is -2.18. The van der Waals surface area contributed by atoms with Gasteiger partial charge in [-0.25, -0.2) is 0 Å². The number of hydrogen-bond donors (Lipinski definition) is 0. The molecule has 0 unspecified atom stereocenters. The lowest BCUT2D eigenvalue weighted by molar-refractivity contribution is 0.112. The third-order valence-corrected chi connectivity index (χ3v) is 2.73. The van der Waals surface area contributed by atoms with Gasteiger partial charge in [0.15, 0.2) is 6.29 Å². The monoisotopic (exact) mass is 225 g/mol. The van der Waals surface area contributed by atoms with Crippen LogP contribution in [0.3, 0.4) is 0 Å². The molecule has 1 aromatic carbocycles. The zero-order valence-corrected chi connectivity index (χ0v) is 9.92. The minimum atomic E-state index is 0.519. The van der Waals surface area contributed by atoms with E-state index in [-0.39, 0.29) is 0 Å². The van der Waals surface area contributed by atoms with Crippen LogP contribution in [0.15, 0.2) is 18.2 Å². The molecule has 0 fully saturated rings. The number of hydrogen-bond acceptors (Lipinski definition) is 2. The van der Waals surface area contributed by atoms with Gasteiger partial charge in [-0.05, 0) is 24.6 Å². The Morgan fingerprint density at radius 2 is 2.20 bits per heavy atom. The van der Waals surface area contributed by atoms with Crippen LogP contribution in [-0.4, -0.2) is 19.9 Å². The molecular weight excluding hydrogens is 210 g/mol. The molecule has 1 rings (SSSR count). The van der Waals surface area contributed by atoms with Crippen molar-refractivity contribution in [2.45, 2.75) is 19.8 Å². The predicted octanol–water partition coefficient (Wildman–Crippen LogP) is 3.39. The number of unbranched alkanes of at least 4 members (excludes halogenated alkanes) is 1. The maximum atomic E-state index is 10.6. The van der Waals surface area contributed by atoms with E-state index in [1.54, 1.807) is 6.07 Å². The van der Waals surface area contributed by atoms with Crippen LogP contribution >= 0.6 is 11.6 Å². The SMILES string of the molecule is CCCCN(C)c1ccc(C=O)c(Cl)c1. The molecule has 3 heteroatoms. The summed E-state index contributed by atoms with van der Waals surface area (Å²) in [5.41, 5.74) is 1.60. The maximum Gasteiger partial charge on any atom is 0.151 e. The number of carbonyl (C=O) groups excluding carboxylic acids is 1. The van der Waals surface area contributed by atoms with Crippen LogP contribution in [0.2, 0.25) is 5.02 Å². The Morgan fingerprint density at radius 1 is 1.47 bits per heavy atom. The van der Waals surface area contributed by atoms with Gasteiger partial charge in [-0.1, -0.05) is 24.9 Å². The fourth-order valence-corrected chi connectivity index (χ4v) is 1.59. The van der Waals surface area contributed by atoms with Gasteiger partial charge in [0.1, 0.15) is 0 Å². The van der Waals surface area contributed by atoms with E-state index in [1.807, 2.05) is 19.2 Å². The van der Waals surface area contributed by atoms with E-state index in [9.17, 15) is 4.79 Å². The molecule has 0 bridgehead atoms. The smallest absolute Gasteiger partial charge is 0.151 e. The number of rotatable bonds is 5. The van der Waals surface area contributed by atoms with Crippen LogP contribution in [0, 0.1) is 0 Å². The number of halogens is 1. The molecule has 82 valence electrons. The van der Waals surface area contributed by atoms with Crippen molar-refractivity contribution in [3.8, 4) is 0 Å². The second-order valence-corrected chi connectivity index (χ2v) is 4.01. The first-order chi connectivity index (χ1) is 7.19. The topological polar surface area (TPSA) is 20.3 Å². The highest BCUT2D eigenvalue weighted by Crippen LogP contribution is 2.22. The standard InChI is InChI=1S/C12H16ClNO/c1-3-4-7-14(2)11-6-5-10(9-15)12(13)8-11/h5-6,8-9H,3-4,7H2,1-2H3. The van der Waals surface area contributed by atoms with Crippen LogP contribution < -0.4 is 4.90 Å². The first kappa shape index (κ1) is 12.1. The molecule has 0 aromatic heterocycles. The first-order valence-corrected chi connectivity index (χ1v) is 5.52. The fraction of sp³-hybridized carbons (Fsp3) is 0.417. The minimum Gasteiger partial charge on any atom is -0.375 e. The highest BCUT2D eigenvalue weighted by atomic mass is 35.5. The Labute approximate surface area is 95.8 Å². The molecule has 0 heterocycles. The van der Waals surface area contributed by atoms with E-state index in [0.29, 0.717) is 10.6 Å². The summed E-state index contributed by atoms with van der Waals surface area (Å²) in [4.78, 5) is 12.7. The van der Waals surface area contributed by atoms with Crippen LogP contribution in [0.1, 0.15) is 30.1 Å². The molecule has 0 saturated heterocycles. The Morgan fingerprint density at radius 3 is 2.73 bits per heavy atom. The summed E-state index contributed by atoms with van der Waals surface area (Å²) in [5.74, 6) is 0. The molecule has 15 heavy (non-hydrogen) atoms. The van der Waals surface area contributed by atoms with Gasteiger partial charge >= 0.3 is 0 Å². The average molecular weight is 226 g/mol. The molecule has 0 aliphatic heterocycles. The van der Waals surface area contributed by atoms with E-state index >= 15 is 0 Å². The Balaban J connectivity index is 2.77. The second-order valence-electron chi connectivity index (χ2n) is 3.60. The van der Waals surface area contributed by atoms with Crippen LogP contribution in [0.25, 0.3) is 0 Å². The number of benzene rings is 1. The molecule has 0 aliphatic carbocycles. The Kier molecular flexibility index (Phi) is 4.63. The van der Waals surface area contributed by atoms with Gasteiger partial charge in [0, 0.05) is 24.8 Å². The quantitative estimate of drug-likeness (QED) is 0.716. The van der Waals surface area contributed by atoms with Gasteiger partial charge < -0.3 is 4.90 Å². The highest BCUT2D eigenvalue weighted by molar-refractivity contribution is 6.33. The fourth-order valence-electron chi connectivity index (χ4n) is 1.37. The summed E-state index contributed by atoms with van der Waals surface area (Å²) in [6.45, 7) is 3.17. The average Bonchev–Trinajstić information content (AvgIpc) is 2.25. The second kappa shape index (κ2) is 5.76. The Bertz CT molecular complexity index is 338. The lowest BCUT2D eigenvalue weighted by atomic mass is 10.2. The number of carbonyl (C=O) groups is 1. The molecule has 0 atom stereocenters. The zero-order valence-electron chi connectivity index (χ0n) is 9.16. The van der Waals surface area contributed by atoms with Crippen LogP contribution in [0.4, 0.5) is 5.69 Å². The van der Waals surface area contributed by atoms with Gasteiger partial charge in [0.2, 0.25) is 0 Å². The normalized spacial score (nSPS) is 10.1. The largest absolute Gasteiger partial charge is 0.375 e. The van der Waals surface area contributed by atoms with Crippen molar-refractivity contribution < 1.29 is 4.79 Å². The van der Waals surface area contributed by atoms with Crippen molar-refractivity contribution in [2.24, 2.45) is 0 Å². The van der Waals surface area contributed by atoms with Gasteiger partial charge in [-0.2, -0.15) is 0 Å². The molecule has 0 radical (unpaired) electrons. The summed E-state index contributed by atoms with van der Waals surface area (Å²) in [6, 6.07) is 5.51. The van der Waals surface area contributed by atoms with E-state index in [2.05, 4.69) is 11.8 Å². The molecule has 1 aromatic rings. The summed E-state index contributed by atoms with van der Waals surface area (Å²) in [5, 5.41) is 0.519. The molecule has 0 aliphatic rings. The van der Waals surface area contributed by atoms with Gasteiger partial charge in [0.25, 0.3) is 0 Å². The molecular formula is C12H16ClNO. The van der Waals surface area contributed by atoms with E-state index in [0.717, 1.165) is 24.9 Å². The summed E-state index contributed by atoms with van der Waals surface area (Å²) in [6.07, 6.45) is 3.10. The number of anilines is 1. The van der Waals surface area contributed by atoms with E-state index in [1.165, 1.54) is 6.42 Å². The van der Waals surface area contributed by atoms with Gasteiger partial charge in [-0.3, -0.25) is 4.79 Å². The van der Waals surface area contributed by atoms with Gasteiger partial charge in [-0.15, -0.1) is 0 Å². The first-order valence-electron chi connectivity index (χ1n) is 5.15. The van der Waals surface area contributed by atoms with Crippen molar-refractivity contribution >= 4 is 23.6 Å². The maximum absolute atomic E-state index is 10.6.